The van der Waals surface area contributed by atoms with Crippen LogP contribution in [0.3, 0.4) is 0 Å². The van der Waals surface area contributed by atoms with E-state index in [0.717, 1.165) is 161 Å². The van der Waals surface area contributed by atoms with E-state index in [-0.39, 0.29) is 17.5 Å². The highest BCUT2D eigenvalue weighted by atomic mass is 35.5. The van der Waals surface area contributed by atoms with Crippen molar-refractivity contribution in [1.29, 1.82) is 0 Å². The summed E-state index contributed by atoms with van der Waals surface area (Å²) in [4.78, 5) is 18.6. The number of fused-ring (bicyclic) bond motifs is 3. The normalized spacial score (nSPS) is 17.2. The van der Waals surface area contributed by atoms with Gasteiger partial charge < -0.3 is 29.8 Å². The van der Waals surface area contributed by atoms with Crippen LogP contribution >= 0.6 is 11.6 Å². The fourth-order valence-corrected chi connectivity index (χ4v) is 13.5. The molecule has 0 amide bonds. The number of nitrogens with zero attached hydrogens (tertiary/aromatic N) is 14. The van der Waals surface area contributed by atoms with Crippen molar-refractivity contribution in [1.82, 2.24) is 64.1 Å². The first-order valence-electron chi connectivity index (χ1n) is 31.9. The van der Waals surface area contributed by atoms with Gasteiger partial charge in [-0.05, 0) is 132 Å². The van der Waals surface area contributed by atoms with Gasteiger partial charge in [0.1, 0.15) is 17.5 Å². The molecule has 0 radical (unpaired) electrons. The highest BCUT2D eigenvalue weighted by molar-refractivity contribution is 6.30. The van der Waals surface area contributed by atoms with Gasteiger partial charge in [0.05, 0.1) is 53.8 Å². The summed E-state index contributed by atoms with van der Waals surface area (Å²) < 4.78 is 49.7. The minimum atomic E-state index is -0.220. The summed E-state index contributed by atoms with van der Waals surface area (Å²) >= 11 is 6.09. The number of nitrogens with one attached hydrogen (secondary N) is 1. The van der Waals surface area contributed by atoms with Crippen molar-refractivity contribution < 1.29 is 13.2 Å². The molecule has 19 heteroatoms. The van der Waals surface area contributed by atoms with Gasteiger partial charge in [0.15, 0.2) is 0 Å². The Balaban J connectivity index is 0.000000126. The molecule has 0 spiro atoms. The van der Waals surface area contributed by atoms with Crippen molar-refractivity contribution in [2.45, 2.75) is 58.9 Å². The highest BCUT2D eigenvalue weighted by Crippen LogP contribution is 2.38. The first-order valence-corrected chi connectivity index (χ1v) is 32.3. The average molecular weight is 1250 g/mol. The lowest BCUT2D eigenvalue weighted by Crippen LogP contribution is -2.44. The van der Waals surface area contributed by atoms with Gasteiger partial charge in [-0.3, -0.25) is 28.7 Å². The number of benzene rings is 6. The molecular formula is C72H85ClF3N15. The first-order chi connectivity index (χ1) is 44.2. The lowest BCUT2D eigenvalue weighted by molar-refractivity contribution is 0.291. The second-order valence-corrected chi connectivity index (χ2v) is 25.8. The van der Waals surface area contributed by atoms with E-state index in [0.29, 0.717) is 41.3 Å². The Morgan fingerprint density at radius 3 is 1.02 bits per heavy atom. The molecule has 91 heavy (non-hydrogen) atoms. The fraction of sp³-hybridized carbons (Fsp3) is 0.375. The van der Waals surface area contributed by atoms with Crippen molar-refractivity contribution in [2.75, 3.05) is 131 Å². The standard InChI is InChI=1S/2C24H28FN5.C19H17ClFN3.C5H12N2/c2*1-27-10-12-29(13-11-27)19-7-5-6-18(14-19)15-30-24(20-8-3-4-9-22(20)25)21-16-28(2)17-23(21)26-30;1-23-11-16-18(12-23)22-24(10-13-5-4-6-14(20)9-13)19(16)15-7-2-3-8-17(15)21;1-7-4-2-6-3-5-7/h2*3-9,14H,10-13,15-17H2,1-2H3;2-9H,10-12H2,1H3;6H,2-5H2,1H3. The van der Waals surface area contributed by atoms with Gasteiger partial charge in [-0.2, -0.15) is 15.3 Å². The van der Waals surface area contributed by atoms with Gasteiger partial charge in [-0.25, -0.2) is 13.2 Å². The van der Waals surface area contributed by atoms with E-state index in [4.69, 9.17) is 26.9 Å². The van der Waals surface area contributed by atoms with Gasteiger partial charge >= 0.3 is 0 Å². The van der Waals surface area contributed by atoms with E-state index in [1.807, 2.05) is 81.8 Å². The van der Waals surface area contributed by atoms with Gasteiger partial charge in [0.2, 0.25) is 0 Å². The molecule has 0 saturated carbocycles. The molecule has 6 aliphatic rings. The van der Waals surface area contributed by atoms with Crippen molar-refractivity contribution in [3.8, 4) is 33.8 Å². The molecule has 0 unspecified atom stereocenters. The van der Waals surface area contributed by atoms with Crippen LogP contribution in [-0.4, -0.2) is 180 Å². The highest BCUT2D eigenvalue weighted by Gasteiger charge is 2.31. The van der Waals surface area contributed by atoms with Gasteiger partial charge in [-0.1, -0.05) is 84.4 Å². The van der Waals surface area contributed by atoms with Gasteiger partial charge in [0, 0.05) is 168 Å². The van der Waals surface area contributed by atoms with Crippen molar-refractivity contribution in [3.63, 3.8) is 0 Å². The number of anilines is 2. The Morgan fingerprint density at radius 1 is 0.363 bits per heavy atom. The Hall–Kier alpha value is -7.65. The molecule has 0 aliphatic carbocycles. The Bertz CT molecular complexity index is 3760. The zero-order chi connectivity index (χ0) is 63.1. The Kier molecular flexibility index (Phi) is 20.2. The summed E-state index contributed by atoms with van der Waals surface area (Å²) in [5.41, 5.74) is 17.1. The van der Waals surface area contributed by atoms with E-state index in [1.165, 1.54) is 53.8 Å². The molecule has 15 rings (SSSR count). The second kappa shape index (κ2) is 28.9. The lowest BCUT2D eigenvalue weighted by Gasteiger charge is -2.34. The molecule has 0 atom stereocenters. The molecule has 15 nitrogen and oxygen atoms in total. The lowest BCUT2D eigenvalue weighted by atomic mass is 10.1. The molecule has 1 N–H and O–H groups in total. The van der Waals surface area contributed by atoms with E-state index < -0.39 is 0 Å². The smallest absolute Gasteiger partial charge is 0.132 e. The molecule has 6 aromatic carbocycles. The second-order valence-electron chi connectivity index (χ2n) is 25.4. The summed E-state index contributed by atoms with van der Waals surface area (Å²) in [6.07, 6.45) is 0. The largest absolute Gasteiger partial charge is 0.369 e. The van der Waals surface area contributed by atoms with Crippen LogP contribution in [0.25, 0.3) is 33.8 Å². The predicted molar refractivity (Wildman–Crippen MR) is 360 cm³/mol. The zero-order valence-corrected chi connectivity index (χ0v) is 54.2. The summed E-state index contributed by atoms with van der Waals surface area (Å²) in [6.45, 7) is 19.9. The number of hydrogen-bond donors (Lipinski definition) is 1. The first kappa shape index (κ1) is 63.5. The fourth-order valence-electron chi connectivity index (χ4n) is 13.2. The molecule has 3 fully saturated rings. The summed E-state index contributed by atoms with van der Waals surface area (Å²) in [5.74, 6) is -0.605. The Labute approximate surface area is 539 Å². The quantitative estimate of drug-likeness (QED) is 0.134. The van der Waals surface area contributed by atoms with E-state index in [1.54, 1.807) is 18.2 Å². The van der Waals surface area contributed by atoms with Crippen molar-refractivity contribution >= 4 is 23.0 Å². The van der Waals surface area contributed by atoms with E-state index in [9.17, 15) is 13.2 Å². The topological polar surface area (TPSA) is 91.4 Å². The molecule has 3 saturated heterocycles. The third kappa shape index (κ3) is 15.1. The third-order valence-electron chi connectivity index (χ3n) is 18.1. The average Bonchev–Trinajstić information content (AvgIpc) is 1.68. The number of rotatable bonds is 11. The molecule has 9 heterocycles. The minimum absolute atomic E-state index is 0.192. The molecule has 0 bridgehead atoms. The van der Waals surface area contributed by atoms with Crippen LogP contribution in [0.2, 0.25) is 5.02 Å². The number of hydrogen-bond acceptors (Lipinski definition) is 12. The predicted octanol–water partition coefficient (Wildman–Crippen LogP) is 10.7. The van der Waals surface area contributed by atoms with Crippen LogP contribution in [0.15, 0.2) is 146 Å². The SMILES string of the molecule is CN1CCN(c2cccc(Cn3nc4c(c3-c3ccccc3F)CN(C)C4)c2)CC1.CN1CCN(c2cccc(Cn3nc4c(c3-c3ccccc3F)CN(C)C4)c2)CC1.CN1CCNCC1.CN1Cc2nn(Cc3cccc(Cl)c3)c(-c3ccccc3F)c2C1. The molecule has 476 valence electrons. The van der Waals surface area contributed by atoms with Crippen LogP contribution in [0.5, 0.6) is 0 Å². The van der Waals surface area contributed by atoms with Gasteiger partial charge in [-0.15, -0.1) is 0 Å². The molecular weight excluding hydrogens is 1170 g/mol. The van der Waals surface area contributed by atoms with Crippen LogP contribution in [0, 0.1) is 17.5 Å². The van der Waals surface area contributed by atoms with E-state index in [2.05, 4.69) is 128 Å². The van der Waals surface area contributed by atoms with Crippen LogP contribution < -0.4 is 15.1 Å². The van der Waals surface area contributed by atoms with E-state index >= 15 is 0 Å². The Morgan fingerprint density at radius 2 is 0.692 bits per heavy atom. The maximum atomic E-state index is 14.7. The van der Waals surface area contributed by atoms with Crippen molar-refractivity contribution in [3.05, 3.63) is 219 Å². The van der Waals surface area contributed by atoms with Crippen LogP contribution in [0.1, 0.15) is 50.5 Å². The monoisotopic (exact) mass is 1250 g/mol. The third-order valence-corrected chi connectivity index (χ3v) is 18.4. The maximum Gasteiger partial charge on any atom is 0.132 e. The summed E-state index contributed by atoms with van der Waals surface area (Å²) in [7, 11) is 12.7. The minimum Gasteiger partial charge on any atom is -0.369 e. The molecule has 9 aromatic rings. The van der Waals surface area contributed by atoms with Gasteiger partial charge in [0.25, 0.3) is 0 Å². The molecule has 6 aliphatic heterocycles. The number of aromatic nitrogens is 6. The number of piperazine rings is 3. The summed E-state index contributed by atoms with van der Waals surface area (Å²) in [6, 6.07) is 46.1. The van der Waals surface area contributed by atoms with Crippen molar-refractivity contribution in [2.24, 2.45) is 0 Å². The zero-order valence-electron chi connectivity index (χ0n) is 53.5. The molecule has 3 aromatic heterocycles. The van der Waals surface area contributed by atoms with Crippen LogP contribution in [0.4, 0.5) is 24.5 Å². The summed E-state index contributed by atoms with van der Waals surface area (Å²) in [5, 5.41) is 18.5. The number of halogens is 4. The van der Waals surface area contributed by atoms with Crippen LogP contribution in [-0.2, 0) is 58.9 Å². The maximum absolute atomic E-state index is 14.7. The number of likely N-dealkylation sites (N-methyl/N-ethyl adjacent to an activating group) is 3.